The minimum atomic E-state index is 0.138. The van der Waals surface area contributed by atoms with Gasteiger partial charge in [-0.25, -0.2) is 0 Å². The second-order valence-corrected chi connectivity index (χ2v) is 6.41. The molecule has 2 aromatic carbocycles. The molecule has 1 atom stereocenters. The van der Waals surface area contributed by atoms with E-state index in [1.165, 1.54) is 21.6 Å². The number of hydrogen-bond acceptors (Lipinski definition) is 3. The van der Waals surface area contributed by atoms with Gasteiger partial charge in [0.1, 0.15) is 0 Å². The lowest BCUT2D eigenvalue weighted by Gasteiger charge is -2.19. The van der Waals surface area contributed by atoms with Gasteiger partial charge in [0, 0.05) is 4.90 Å². The van der Waals surface area contributed by atoms with Crippen LogP contribution < -0.4 is 11.3 Å². The van der Waals surface area contributed by atoms with Gasteiger partial charge < -0.3 is 0 Å². The van der Waals surface area contributed by atoms with E-state index < -0.39 is 0 Å². The van der Waals surface area contributed by atoms with Gasteiger partial charge >= 0.3 is 0 Å². The Kier molecular flexibility index (Phi) is 5.85. The molecular formula is C18H24N2S. The lowest BCUT2D eigenvalue weighted by molar-refractivity contribution is 0.544. The van der Waals surface area contributed by atoms with Crippen LogP contribution in [0.2, 0.25) is 0 Å². The van der Waals surface area contributed by atoms with E-state index in [4.69, 9.17) is 5.84 Å². The number of hydrogen-bond donors (Lipinski definition) is 2. The molecule has 0 saturated carbocycles. The fourth-order valence-electron chi connectivity index (χ4n) is 2.49. The molecule has 0 aliphatic rings. The highest BCUT2D eigenvalue weighted by molar-refractivity contribution is 7.98. The fourth-order valence-corrected chi connectivity index (χ4v) is 3.15. The normalized spacial score (nSPS) is 12.6. The second kappa shape index (κ2) is 7.64. The Bertz CT molecular complexity index is 564. The van der Waals surface area contributed by atoms with Crippen LogP contribution in [-0.4, -0.2) is 6.26 Å². The molecule has 2 rings (SSSR count). The van der Waals surface area contributed by atoms with Gasteiger partial charge in [-0.1, -0.05) is 56.3 Å². The van der Waals surface area contributed by atoms with E-state index in [0.717, 1.165) is 6.42 Å². The number of nitrogens with two attached hydrogens (primary N) is 1. The maximum atomic E-state index is 5.80. The smallest absolute Gasteiger partial charge is 0.0511 e. The molecule has 3 N–H and O–H groups in total. The lowest BCUT2D eigenvalue weighted by Crippen LogP contribution is -2.30. The molecule has 0 aliphatic carbocycles. The van der Waals surface area contributed by atoms with Crippen LogP contribution in [0.1, 0.15) is 42.5 Å². The first-order valence-electron chi connectivity index (χ1n) is 7.33. The zero-order chi connectivity index (χ0) is 15.2. The van der Waals surface area contributed by atoms with Gasteiger partial charge in [0.2, 0.25) is 0 Å². The molecule has 0 fully saturated rings. The van der Waals surface area contributed by atoms with Crippen molar-refractivity contribution in [3.63, 3.8) is 0 Å². The predicted octanol–water partition coefficient (Wildman–Crippen LogP) is 4.28. The molecule has 0 aromatic heterocycles. The van der Waals surface area contributed by atoms with Gasteiger partial charge in [-0.05, 0) is 41.4 Å². The Labute approximate surface area is 132 Å². The Balaban J connectivity index is 2.19. The van der Waals surface area contributed by atoms with Crippen LogP contribution in [-0.2, 0) is 6.42 Å². The van der Waals surface area contributed by atoms with Crippen LogP contribution in [0.3, 0.4) is 0 Å². The van der Waals surface area contributed by atoms with E-state index in [9.17, 15) is 0 Å². The van der Waals surface area contributed by atoms with Gasteiger partial charge in [0.15, 0.2) is 0 Å². The van der Waals surface area contributed by atoms with Crippen molar-refractivity contribution in [1.29, 1.82) is 0 Å². The van der Waals surface area contributed by atoms with Crippen molar-refractivity contribution >= 4 is 11.8 Å². The van der Waals surface area contributed by atoms with E-state index in [-0.39, 0.29) is 6.04 Å². The minimum Gasteiger partial charge on any atom is -0.271 e. The molecule has 0 spiro atoms. The third-order valence-corrected chi connectivity index (χ3v) is 4.61. The first-order chi connectivity index (χ1) is 10.2. The van der Waals surface area contributed by atoms with Gasteiger partial charge in [0.25, 0.3) is 0 Å². The fraction of sp³-hybridized carbons (Fsp3) is 0.333. The largest absolute Gasteiger partial charge is 0.271 e. The Morgan fingerprint density at radius 1 is 1.05 bits per heavy atom. The van der Waals surface area contributed by atoms with E-state index in [2.05, 4.69) is 74.1 Å². The highest BCUT2D eigenvalue weighted by Crippen LogP contribution is 2.28. The standard InChI is InChI=1S/C18H24N2S/c1-13(2)15-10-8-14(9-11-15)12-17(20-19)16-6-4-5-7-18(16)21-3/h4-11,13,17,20H,12,19H2,1-3H3. The van der Waals surface area contributed by atoms with Crippen LogP contribution in [0.4, 0.5) is 0 Å². The molecule has 112 valence electrons. The number of thioether (sulfide) groups is 1. The van der Waals surface area contributed by atoms with Crippen molar-refractivity contribution in [1.82, 2.24) is 5.43 Å². The lowest BCUT2D eigenvalue weighted by atomic mass is 9.96. The second-order valence-electron chi connectivity index (χ2n) is 5.56. The molecule has 0 amide bonds. The van der Waals surface area contributed by atoms with Crippen LogP contribution in [0.5, 0.6) is 0 Å². The summed E-state index contributed by atoms with van der Waals surface area (Å²) >= 11 is 1.76. The third-order valence-electron chi connectivity index (χ3n) is 3.80. The van der Waals surface area contributed by atoms with Crippen molar-refractivity contribution in [3.8, 4) is 0 Å². The van der Waals surface area contributed by atoms with Gasteiger partial charge in [0.05, 0.1) is 6.04 Å². The van der Waals surface area contributed by atoms with Crippen molar-refractivity contribution in [2.75, 3.05) is 6.26 Å². The molecule has 0 heterocycles. The quantitative estimate of drug-likeness (QED) is 0.475. The summed E-state index contributed by atoms with van der Waals surface area (Å²) in [6, 6.07) is 17.4. The average Bonchev–Trinajstić information content (AvgIpc) is 2.53. The van der Waals surface area contributed by atoms with Crippen LogP contribution in [0, 0.1) is 0 Å². The molecule has 0 radical (unpaired) electrons. The molecule has 1 unspecified atom stereocenters. The number of hydrazine groups is 1. The Hall–Kier alpha value is -1.29. The first-order valence-corrected chi connectivity index (χ1v) is 8.56. The third kappa shape index (κ3) is 4.10. The molecule has 0 aliphatic heterocycles. The van der Waals surface area contributed by atoms with Crippen molar-refractivity contribution < 1.29 is 0 Å². The molecule has 3 heteroatoms. The molecule has 2 nitrogen and oxygen atoms in total. The summed E-state index contributed by atoms with van der Waals surface area (Å²) in [4.78, 5) is 1.28. The summed E-state index contributed by atoms with van der Waals surface area (Å²) in [6.45, 7) is 4.43. The van der Waals surface area contributed by atoms with E-state index in [1.54, 1.807) is 11.8 Å². The van der Waals surface area contributed by atoms with Crippen LogP contribution >= 0.6 is 11.8 Å². The topological polar surface area (TPSA) is 38.0 Å². The van der Waals surface area contributed by atoms with E-state index in [1.807, 2.05) is 0 Å². The Morgan fingerprint density at radius 3 is 2.29 bits per heavy atom. The highest BCUT2D eigenvalue weighted by atomic mass is 32.2. The SMILES string of the molecule is CSc1ccccc1C(Cc1ccc(C(C)C)cc1)NN. The molecule has 21 heavy (non-hydrogen) atoms. The Morgan fingerprint density at radius 2 is 1.71 bits per heavy atom. The van der Waals surface area contributed by atoms with Crippen molar-refractivity contribution in [2.24, 2.45) is 5.84 Å². The van der Waals surface area contributed by atoms with Gasteiger partial charge in [-0.15, -0.1) is 11.8 Å². The van der Waals surface area contributed by atoms with E-state index >= 15 is 0 Å². The first kappa shape index (κ1) is 16.1. The zero-order valence-corrected chi connectivity index (χ0v) is 13.8. The highest BCUT2D eigenvalue weighted by Gasteiger charge is 2.14. The molecule has 0 bridgehead atoms. The van der Waals surface area contributed by atoms with E-state index in [0.29, 0.717) is 5.92 Å². The number of benzene rings is 2. The molecule has 2 aromatic rings. The number of rotatable bonds is 6. The van der Waals surface area contributed by atoms with Gasteiger partial charge in [-0.3, -0.25) is 11.3 Å². The van der Waals surface area contributed by atoms with Crippen molar-refractivity contribution in [3.05, 3.63) is 65.2 Å². The predicted molar refractivity (Wildman–Crippen MR) is 92.5 cm³/mol. The summed E-state index contributed by atoms with van der Waals surface area (Å²) in [5, 5.41) is 0. The molecular weight excluding hydrogens is 276 g/mol. The average molecular weight is 300 g/mol. The monoisotopic (exact) mass is 300 g/mol. The van der Waals surface area contributed by atoms with Crippen LogP contribution in [0.15, 0.2) is 53.4 Å². The minimum absolute atomic E-state index is 0.138. The molecule has 0 saturated heterocycles. The summed E-state index contributed by atoms with van der Waals surface area (Å²) < 4.78 is 0. The summed E-state index contributed by atoms with van der Waals surface area (Å²) in [5.74, 6) is 6.36. The summed E-state index contributed by atoms with van der Waals surface area (Å²) in [7, 11) is 0. The summed E-state index contributed by atoms with van der Waals surface area (Å²) in [6.07, 6.45) is 3.00. The zero-order valence-electron chi connectivity index (χ0n) is 13.0. The van der Waals surface area contributed by atoms with Crippen molar-refractivity contribution in [2.45, 2.75) is 37.1 Å². The number of nitrogens with one attached hydrogen (secondary N) is 1. The maximum Gasteiger partial charge on any atom is 0.0511 e. The summed E-state index contributed by atoms with van der Waals surface area (Å²) in [5.41, 5.74) is 6.91. The van der Waals surface area contributed by atoms with Gasteiger partial charge in [-0.2, -0.15) is 0 Å². The van der Waals surface area contributed by atoms with Crippen LogP contribution in [0.25, 0.3) is 0 Å². The maximum absolute atomic E-state index is 5.80.